The fraction of sp³-hybridized carbons (Fsp3) is 0.143. The number of rotatable bonds is 5. The van der Waals surface area contributed by atoms with Crippen molar-refractivity contribution in [1.29, 1.82) is 0 Å². The van der Waals surface area contributed by atoms with Crippen molar-refractivity contribution in [3.63, 3.8) is 0 Å². The molecule has 1 unspecified atom stereocenters. The Morgan fingerprint density at radius 1 is 1.18 bits per heavy atom. The summed E-state index contributed by atoms with van der Waals surface area (Å²) in [6, 6.07) is 10.6. The van der Waals surface area contributed by atoms with Crippen molar-refractivity contribution < 1.29 is 14.2 Å². The molecule has 0 saturated heterocycles. The molecule has 0 radical (unpaired) electrons. The molecular formula is C14H12Cl2NO4P. The summed E-state index contributed by atoms with van der Waals surface area (Å²) in [4.78, 5) is 10.5. The van der Waals surface area contributed by atoms with E-state index in [9.17, 15) is 14.7 Å². The average Bonchev–Trinajstić information content (AvgIpc) is 2.49. The summed E-state index contributed by atoms with van der Waals surface area (Å²) < 4.78 is 17.9. The van der Waals surface area contributed by atoms with E-state index in [0.29, 0.717) is 16.5 Å². The first-order chi connectivity index (χ1) is 10.3. The second-order valence-corrected chi connectivity index (χ2v) is 8.92. The number of nitro benzene ring substituents is 1. The maximum Gasteiger partial charge on any atom is 0.281 e. The molecule has 5 nitrogen and oxygen atoms in total. The number of nitro groups is 1. The predicted molar refractivity (Wildman–Crippen MR) is 88.3 cm³/mol. The van der Waals surface area contributed by atoms with Crippen molar-refractivity contribution in [1.82, 2.24) is 0 Å². The van der Waals surface area contributed by atoms with E-state index in [4.69, 9.17) is 27.6 Å². The van der Waals surface area contributed by atoms with Crippen molar-refractivity contribution in [3.05, 3.63) is 57.6 Å². The van der Waals surface area contributed by atoms with Crippen molar-refractivity contribution >= 4 is 40.3 Å². The highest BCUT2D eigenvalue weighted by Gasteiger charge is 2.29. The van der Waals surface area contributed by atoms with E-state index in [2.05, 4.69) is 0 Å². The quantitative estimate of drug-likeness (QED) is 0.417. The zero-order valence-electron chi connectivity index (χ0n) is 11.5. The predicted octanol–water partition coefficient (Wildman–Crippen LogP) is 5.20. The highest BCUT2D eigenvalue weighted by atomic mass is 35.7. The third-order valence-corrected chi connectivity index (χ3v) is 6.37. The van der Waals surface area contributed by atoms with Crippen LogP contribution in [0.4, 0.5) is 5.69 Å². The van der Waals surface area contributed by atoms with Crippen LogP contribution in [-0.4, -0.2) is 11.1 Å². The van der Waals surface area contributed by atoms with Crippen LogP contribution in [0.5, 0.6) is 11.5 Å². The molecule has 0 aliphatic rings. The van der Waals surface area contributed by atoms with Gasteiger partial charge in [-0.05, 0) is 47.6 Å². The Morgan fingerprint density at radius 3 is 2.32 bits per heavy atom. The molecule has 0 aliphatic heterocycles. The fourth-order valence-corrected chi connectivity index (χ4v) is 3.49. The highest BCUT2D eigenvalue weighted by Crippen LogP contribution is 2.52. The third-order valence-electron chi connectivity index (χ3n) is 2.96. The van der Waals surface area contributed by atoms with Gasteiger partial charge in [0, 0.05) is 17.3 Å². The summed E-state index contributed by atoms with van der Waals surface area (Å²) >= 11 is 11.8. The van der Waals surface area contributed by atoms with E-state index in [1.807, 2.05) is 0 Å². The molecular weight excluding hydrogens is 348 g/mol. The molecule has 116 valence electrons. The summed E-state index contributed by atoms with van der Waals surface area (Å²) in [6.45, 7) is -1.71. The van der Waals surface area contributed by atoms with E-state index in [1.54, 1.807) is 31.2 Å². The van der Waals surface area contributed by atoms with Gasteiger partial charge >= 0.3 is 0 Å². The first-order valence-corrected chi connectivity index (χ1v) is 9.52. The van der Waals surface area contributed by atoms with Gasteiger partial charge in [-0.3, -0.25) is 10.1 Å². The zero-order valence-corrected chi connectivity index (χ0v) is 13.9. The maximum absolute atomic E-state index is 12.3. The minimum Gasteiger partial charge on any atom is -0.457 e. The van der Waals surface area contributed by atoms with Gasteiger partial charge in [0.05, 0.1) is 4.92 Å². The standard InChI is InChI=1S/C14H12Cl2NO4P/c1-2-22(16,20)14-9-12(7-8-13(14)17(18)19)21-11-5-3-10(15)4-6-11/h3-9H,2H2,1H3. The van der Waals surface area contributed by atoms with E-state index in [-0.39, 0.29) is 17.2 Å². The van der Waals surface area contributed by atoms with Gasteiger partial charge in [-0.2, -0.15) is 0 Å². The molecule has 2 aromatic rings. The molecule has 1 atom stereocenters. The highest BCUT2D eigenvalue weighted by molar-refractivity contribution is 7.95. The lowest BCUT2D eigenvalue weighted by Crippen LogP contribution is -2.09. The summed E-state index contributed by atoms with van der Waals surface area (Å²) in [6.07, 6.45) is 0.111. The molecule has 0 spiro atoms. The van der Waals surface area contributed by atoms with Crippen LogP contribution in [-0.2, 0) is 4.57 Å². The molecule has 8 heteroatoms. The van der Waals surface area contributed by atoms with Crippen LogP contribution >= 0.6 is 29.3 Å². The minimum absolute atomic E-state index is 0.00636. The van der Waals surface area contributed by atoms with Crippen LogP contribution in [0.25, 0.3) is 0 Å². The topological polar surface area (TPSA) is 69.4 Å². The molecule has 22 heavy (non-hydrogen) atoms. The lowest BCUT2D eigenvalue weighted by Gasteiger charge is -2.11. The van der Waals surface area contributed by atoms with Gasteiger partial charge in [0.2, 0.25) is 6.49 Å². The second-order valence-electron chi connectivity index (χ2n) is 4.43. The van der Waals surface area contributed by atoms with Crippen LogP contribution in [0.15, 0.2) is 42.5 Å². The molecule has 0 aliphatic carbocycles. The maximum atomic E-state index is 12.3. The Kier molecular flexibility index (Phi) is 5.12. The van der Waals surface area contributed by atoms with Crippen LogP contribution in [0, 0.1) is 10.1 Å². The van der Waals surface area contributed by atoms with Gasteiger partial charge < -0.3 is 9.30 Å². The molecule has 0 heterocycles. The lowest BCUT2D eigenvalue weighted by atomic mass is 10.3. The van der Waals surface area contributed by atoms with Gasteiger partial charge in [-0.1, -0.05) is 18.5 Å². The summed E-state index contributed by atoms with van der Waals surface area (Å²) in [5, 5.41) is 11.6. The fourth-order valence-electron chi connectivity index (χ4n) is 1.80. The number of hydrogen-bond acceptors (Lipinski definition) is 4. The van der Waals surface area contributed by atoms with Gasteiger partial charge in [0.25, 0.3) is 5.69 Å². The molecule has 2 rings (SSSR count). The monoisotopic (exact) mass is 359 g/mol. The van der Waals surface area contributed by atoms with Crippen molar-refractivity contribution in [2.45, 2.75) is 6.92 Å². The molecule has 2 aromatic carbocycles. The molecule has 0 amide bonds. The number of hydrogen-bond donors (Lipinski definition) is 0. The van der Waals surface area contributed by atoms with Gasteiger partial charge in [0.15, 0.2) is 0 Å². The second kappa shape index (κ2) is 6.69. The number of ether oxygens (including phenoxy) is 1. The van der Waals surface area contributed by atoms with Crippen LogP contribution < -0.4 is 10.0 Å². The molecule has 0 saturated carbocycles. The van der Waals surface area contributed by atoms with E-state index < -0.39 is 11.4 Å². The van der Waals surface area contributed by atoms with E-state index >= 15 is 0 Å². The average molecular weight is 360 g/mol. The minimum atomic E-state index is -3.33. The van der Waals surface area contributed by atoms with Crippen LogP contribution in [0.1, 0.15) is 6.92 Å². The first kappa shape index (κ1) is 16.8. The molecule has 0 aromatic heterocycles. The smallest absolute Gasteiger partial charge is 0.281 e. The normalized spacial score (nSPS) is 13.4. The largest absolute Gasteiger partial charge is 0.457 e. The first-order valence-electron chi connectivity index (χ1n) is 6.34. The zero-order chi connectivity index (χ0) is 16.3. The SMILES string of the molecule is CCP(=O)(Cl)c1cc(Oc2ccc(Cl)cc2)ccc1[N+](=O)[O-]. The summed E-state index contributed by atoms with van der Waals surface area (Å²) in [5.41, 5.74) is -0.274. The van der Waals surface area contributed by atoms with Gasteiger partial charge in [-0.15, -0.1) is 0 Å². The number of halogens is 2. The lowest BCUT2D eigenvalue weighted by molar-refractivity contribution is -0.383. The Labute approximate surface area is 137 Å². The number of benzene rings is 2. The molecule has 0 fully saturated rings. The molecule has 0 bridgehead atoms. The summed E-state index contributed by atoms with van der Waals surface area (Å²) in [5.74, 6) is 0.822. The van der Waals surface area contributed by atoms with Crippen molar-refractivity contribution in [3.8, 4) is 11.5 Å². The van der Waals surface area contributed by atoms with Crippen molar-refractivity contribution in [2.75, 3.05) is 6.16 Å². The van der Waals surface area contributed by atoms with E-state index in [0.717, 1.165) is 0 Å². The Balaban J connectivity index is 2.42. The summed E-state index contributed by atoms with van der Waals surface area (Å²) in [7, 11) is 0. The Bertz CT molecular complexity index is 749. The van der Waals surface area contributed by atoms with Crippen LogP contribution in [0.3, 0.4) is 0 Å². The number of nitrogens with zero attached hydrogens (tertiary/aromatic N) is 1. The third kappa shape index (κ3) is 3.80. The molecule has 0 N–H and O–H groups in total. The Hall–Kier alpha value is -1.55. The Morgan fingerprint density at radius 2 is 1.77 bits per heavy atom. The van der Waals surface area contributed by atoms with Gasteiger partial charge in [-0.25, -0.2) is 0 Å². The van der Waals surface area contributed by atoms with E-state index in [1.165, 1.54) is 18.2 Å². The van der Waals surface area contributed by atoms with Gasteiger partial charge in [0.1, 0.15) is 16.8 Å². The van der Waals surface area contributed by atoms with Crippen LogP contribution in [0.2, 0.25) is 5.02 Å². The van der Waals surface area contributed by atoms with Crippen molar-refractivity contribution in [2.24, 2.45) is 0 Å².